The maximum atomic E-state index is 14.5. The minimum absolute atomic E-state index is 0.0331. The summed E-state index contributed by atoms with van der Waals surface area (Å²) in [5.41, 5.74) is 2.47. The second-order valence-corrected chi connectivity index (χ2v) is 9.88. The molecular weight excluding hydrogens is 553 g/mol. The van der Waals surface area contributed by atoms with Gasteiger partial charge in [0, 0.05) is 23.9 Å². The molecule has 1 atom stereocenters. The third kappa shape index (κ3) is 6.38. The van der Waals surface area contributed by atoms with E-state index in [1.54, 1.807) is 30.5 Å². The number of carbonyl (C=O) groups is 3. The number of H-pyrrole nitrogens is 1. The molecule has 0 fully saturated rings. The fraction of sp³-hybridized carbons (Fsp3) is 0.250. The molecule has 3 amide bonds. The molecule has 2 aromatic carbocycles. The number of nitrogens with zero attached hydrogens (tertiary/aromatic N) is 3. The molecule has 212 valence electrons. The van der Waals surface area contributed by atoms with Crippen LogP contribution < -0.4 is 16.0 Å². The summed E-state index contributed by atoms with van der Waals surface area (Å²) >= 11 is 5.90. The standard InChI is InChI=1S/C28H27ClFN7O4/c1-41-28(40)33-16-10-11-17-20(12-16)34-24(38)9-4-2-3-7-19(26-31-13-21(17)35-26)36-27(39)22-14-37(15-32-22)23-8-5-6-18(29)25(23)30/h5-6,8,10-15,19H,2-4,7,9H2,1H3,(H,31,35)(H,33,40)(H,34,38)(H,36,39). The largest absolute Gasteiger partial charge is 0.453 e. The number of carbonyl (C=O) groups excluding carboxylic acids is 3. The van der Waals surface area contributed by atoms with Crippen LogP contribution in [0.5, 0.6) is 0 Å². The average Bonchev–Trinajstić information content (AvgIpc) is 3.64. The summed E-state index contributed by atoms with van der Waals surface area (Å²) < 4.78 is 20.5. The van der Waals surface area contributed by atoms with Crippen molar-refractivity contribution in [2.45, 2.75) is 38.1 Å². The number of imidazole rings is 2. The molecule has 0 saturated carbocycles. The Labute approximate surface area is 239 Å². The van der Waals surface area contributed by atoms with Gasteiger partial charge in [-0.3, -0.25) is 14.9 Å². The fourth-order valence-corrected chi connectivity index (χ4v) is 4.75. The predicted octanol–water partition coefficient (Wildman–Crippen LogP) is 5.61. The molecule has 41 heavy (non-hydrogen) atoms. The summed E-state index contributed by atoms with van der Waals surface area (Å²) in [5, 5.41) is 8.47. The van der Waals surface area contributed by atoms with Crippen molar-refractivity contribution in [1.29, 1.82) is 0 Å². The van der Waals surface area contributed by atoms with Crippen LogP contribution in [0.25, 0.3) is 16.9 Å². The normalized spacial score (nSPS) is 15.4. The van der Waals surface area contributed by atoms with Crippen LogP contribution in [0.1, 0.15) is 54.5 Å². The van der Waals surface area contributed by atoms with Crippen molar-refractivity contribution in [1.82, 2.24) is 24.8 Å². The SMILES string of the molecule is COC(=O)Nc1ccc2c(c1)NC(=O)CCCCCC(NC(=O)c1cn(-c3cccc(Cl)c3F)cn1)c1ncc-2[nH]1. The van der Waals surface area contributed by atoms with Gasteiger partial charge in [-0.25, -0.2) is 19.2 Å². The van der Waals surface area contributed by atoms with Gasteiger partial charge in [0.25, 0.3) is 5.91 Å². The van der Waals surface area contributed by atoms with Crippen molar-refractivity contribution < 1.29 is 23.5 Å². The third-order valence-electron chi connectivity index (χ3n) is 6.67. The van der Waals surface area contributed by atoms with Crippen molar-refractivity contribution in [3.8, 4) is 16.9 Å². The van der Waals surface area contributed by atoms with Gasteiger partial charge < -0.3 is 24.9 Å². The van der Waals surface area contributed by atoms with Crippen LogP contribution in [0.4, 0.5) is 20.6 Å². The number of fused-ring (bicyclic) bond motifs is 4. The molecule has 4 N–H and O–H groups in total. The fourth-order valence-electron chi connectivity index (χ4n) is 4.58. The van der Waals surface area contributed by atoms with E-state index in [1.165, 1.54) is 36.3 Å². The van der Waals surface area contributed by atoms with Crippen LogP contribution >= 0.6 is 11.6 Å². The highest BCUT2D eigenvalue weighted by Crippen LogP contribution is 2.32. The Balaban J connectivity index is 1.41. The zero-order valence-electron chi connectivity index (χ0n) is 22.0. The van der Waals surface area contributed by atoms with Gasteiger partial charge in [0.1, 0.15) is 17.8 Å². The lowest BCUT2D eigenvalue weighted by Gasteiger charge is -2.16. The number of aromatic nitrogens is 4. The number of amides is 3. The molecular formula is C28H27ClFN7O4. The van der Waals surface area contributed by atoms with E-state index in [0.29, 0.717) is 47.7 Å². The highest BCUT2D eigenvalue weighted by atomic mass is 35.5. The quantitative estimate of drug-likeness (QED) is 0.247. The number of hydrogen-bond donors (Lipinski definition) is 4. The van der Waals surface area contributed by atoms with E-state index in [2.05, 4.69) is 35.6 Å². The van der Waals surface area contributed by atoms with E-state index >= 15 is 0 Å². The molecule has 13 heteroatoms. The first-order chi connectivity index (χ1) is 19.8. The minimum Gasteiger partial charge on any atom is -0.453 e. The second-order valence-electron chi connectivity index (χ2n) is 9.47. The van der Waals surface area contributed by atoms with Crippen molar-refractivity contribution in [3.05, 3.63) is 77.5 Å². The maximum Gasteiger partial charge on any atom is 0.411 e. The Morgan fingerprint density at radius 2 is 2.02 bits per heavy atom. The van der Waals surface area contributed by atoms with Crippen LogP contribution in [0.3, 0.4) is 0 Å². The van der Waals surface area contributed by atoms with Gasteiger partial charge in [-0.05, 0) is 43.2 Å². The molecule has 4 aromatic rings. The van der Waals surface area contributed by atoms with E-state index in [4.69, 9.17) is 11.6 Å². The van der Waals surface area contributed by atoms with Gasteiger partial charge in [-0.15, -0.1) is 0 Å². The van der Waals surface area contributed by atoms with E-state index in [-0.39, 0.29) is 22.3 Å². The minimum atomic E-state index is -0.633. The monoisotopic (exact) mass is 579 g/mol. The second kappa shape index (κ2) is 12.2. The van der Waals surface area contributed by atoms with Crippen LogP contribution in [0.2, 0.25) is 5.02 Å². The molecule has 3 heterocycles. The topological polar surface area (TPSA) is 143 Å². The Kier molecular flexibility index (Phi) is 8.29. The molecule has 2 aromatic heterocycles. The van der Waals surface area contributed by atoms with Gasteiger partial charge >= 0.3 is 6.09 Å². The number of nitrogens with one attached hydrogen (secondary N) is 4. The Morgan fingerprint density at radius 1 is 1.17 bits per heavy atom. The van der Waals surface area contributed by atoms with E-state index < -0.39 is 23.9 Å². The van der Waals surface area contributed by atoms with E-state index in [0.717, 1.165) is 12.8 Å². The molecule has 0 aliphatic carbocycles. The Morgan fingerprint density at radius 3 is 2.85 bits per heavy atom. The summed E-state index contributed by atoms with van der Waals surface area (Å²) in [5.74, 6) is -0.688. The lowest BCUT2D eigenvalue weighted by molar-refractivity contribution is -0.116. The number of anilines is 2. The zero-order valence-corrected chi connectivity index (χ0v) is 22.8. The van der Waals surface area contributed by atoms with Gasteiger partial charge in [0.15, 0.2) is 5.82 Å². The summed E-state index contributed by atoms with van der Waals surface area (Å²) in [6.45, 7) is 0. The lowest BCUT2D eigenvalue weighted by Crippen LogP contribution is -2.29. The first-order valence-electron chi connectivity index (χ1n) is 13.0. The zero-order chi connectivity index (χ0) is 28.9. The van der Waals surface area contributed by atoms with E-state index in [9.17, 15) is 18.8 Å². The predicted molar refractivity (Wildman–Crippen MR) is 151 cm³/mol. The average molecular weight is 580 g/mol. The van der Waals surface area contributed by atoms with Crippen LogP contribution in [0.15, 0.2) is 55.1 Å². The summed E-state index contributed by atoms with van der Waals surface area (Å²) in [4.78, 5) is 49.5. The number of aromatic amines is 1. The van der Waals surface area contributed by atoms with Crippen LogP contribution in [-0.2, 0) is 9.53 Å². The number of benzene rings is 2. The first kappa shape index (κ1) is 27.8. The smallest absolute Gasteiger partial charge is 0.411 e. The number of rotatable bonds is 4. The molecule has 1 aliphatic heterocycles. The van der Waals surface area contributed by atoms with Crippen molar-refractivity contribution in [2.75, 3.05) is 17.7 Å². The van der Waals surface area contributed by atoms with Crippen LogP contribution in [-0.4, -0.2) is 44.5 Å². The van der Waals surface area contributed by atoms with Gasteiger partial charge in [-0.1, -0.05) is 30.5 Å². The molecule has 0 spiro atoms. The van der Waals surface area contributed by atoms with Gasteiger partial charge in [0.05, 0.1) is 41.4 Å². The lowest BCUT2D eigenvalue weighted by atomic mass is 10.1. The number of methoxy groups -OCH3 is 1. The van der Waals surface area contributed by atoms with Crippen molar-refractivity contribution >= 4 is 40.9 Å². The van der Waals surface area contributed by atoms with Crippen LogP contribution in [0, 0.1) is 5.82 Å². The first-order valence-corrected chi connectivity index (χ1v) is 13.3. The van der Waals surface area contributed by atoms with Crippen molar-refractivity contribution in [2.24, 2.45) is 0 Å². The van der Waals surface area contributed by atoms with E-state index in [1.807, 2.05) is 0 Å². The maximum absolute atomic E-state index is 14.5. The van der Waals surface area contributed by atoms with Gasteiger partial charge in [-0.2, -0.15) is 0 Å². The highest BCUT2D eigenvalue weighted by molar-refractivity contribution is 6.30. The Hall–Kier alpha value is -4.71. The molecule has 2 bridgehead atoms. The summed E-state index contributed by atoms with van der Waals surface area (Å²) in [6.07, 6.45) is 6.80. The molecule has 1 unspecified atom stereocenters. The third-order valence-corrected chi connectivity index (χ3v) is 6.96. The highest BCUT2D eigenvalue weighted by Gasteiger charge is 2.22. The summed E-state index contributed by atoms with van der Waals surface area (Å²) in [6, 6.07) is 9.18. The number of halogens is 2. The van der Waals surface area contributed by atoms with Crippen molar-refractivity contribution in [3.63, 3.8) is 0 Å². The molecule has 0 radical (unpaired) electrons. The molecule has 0 saturated heterocycles. The number of ether oxygens (including phenoxy) is 1. The summed E-state index contributed by atoms with van der Waals surface area (Å²) in [7, 11) is 1.26. The molecule has 1 aliphatic rings. The molecule has 5 rings (SSSR count). The Bertz CT molecular complexity index is 1600. The number of hydrogen-bond acceptors (Lipinski definition) is 6. The van der Waals surface area contributed by atoms with Gasteiger partial charge in [0.2, 0.25) is 5.91 Å². The molecule has 11 nitrogen and oxygen atoms in total.